The molecule has 0 aliphatic heterocycles. The summed E-state index contributed by atoms with van der Waals surface area (Å²) in [5.41, 5.74) is 3.92. The molecule has 1 atom stereocenters. The summed E-state index contributed by atoms with van der Waals surface area (Å²) in [5.74, 6) is 0.744. The summed E-state index contributed by atoms with van der Waals surface area (Å²) in [6.07, 6.45) is 9.52. The SMILES string of the molecule is [CH]=CC(C=CBr)n1c(C=C(Cl)c2ccccc2)nc2cc(C=CC)ccc21. The van der Waals surface area contributed by atoms with Crippen molar-refractivity contribution in [3.8, 4) is 0 Å². The molecule has 1 radical (unpaired) electrons. The van der Waals surface area contributed by atoms with Gasteiger partial charge in [-0.15, -0.1) is 0 Å². The molecule has 0 amide bonds. The molecule has 0 bridgehead atoms. The molecule has 2 nitrogen and oxygen atoms in total. The van der Waals surface area contributed by atoms with E-state index in [9.17, 15) is 0 Å². The minimum Gasteiger partial charge on any atom is -0.314 e. The molecule has 4 heteroatoms. The lowest BCUT2D eigenvalue weighted by atomic mass is 10.1. The van der Waals surface area contributed by atoms with Gasteiger partial charge in [-0.05, 0) is 35.2 Å². The van der Waals surface area contributed by atoms with Crippen LogP contribution in [-0.4, -0.2) is 9.55 Å². The van der Waals surface area contributed by atoms with Gasteiger partial charge in [0, 0.05) is 6.08 Å². The molecule has 0 aliphatic carbocycles. The lowest BCUT2D eigenvalue weighted by molar-refractivity contribution is 0.738. The number of hydrogen-bond acceptors (Lipinski definition) is 1. The molecule has 1 aromatic heterocycles. The molecule has 135 valence electrons. The van der Waals surface area contributed by atoms with Crippen LogP contribution in [0.2, 0.25) is 0 Å². The van der Waals surface area contributed by atoms with Crippen molar-refractivity contribution in [1.29, 1.82) is 0 Å². The van der Waals surface area contributed by atoms with Gasteiger partial charge in [0.15, 0.2) is 0 Å². The standard InChI is InChI=1S/C23H19BrClN2/c1-3-8-17-11-12-22-21(15-17)26-23(27(22)19(4-2)13-14-24)16-20(25)18-9-6-5-7-10-18/h2-16,19H,1H3. The highest BCUT2D eigenvalue weighted by atomic mass is 79.9. The molecule has 0 spiro atoms. The molecule has 2 aromatic carbocycles. The third-order valence-corrected chi connectivity index (χ3v) is 4.80. The molecule has 0 fully saturated rings. The van der Waals surface area contributed by atoms with Crippen LogP contribution in [0, 0.1) is 6.58 Å². The third-order valence-electron chi connectivity index (χ3n) is 4.17. The number of hydrogen-bond donors (Lipinski definition) is 0. The molecule has 0 N–H and O–H groups in total. The Morgan fingerprint density at radius 2 is 2.00 bits per heavy atom. The molecule has 3 aromatic rings. The molecule has 27 heavy (non-hydrogen) atoms. The van der Waals surface area contributed by atoms with Crippen molar-refractivity contribution in [2.45, 2.75) is 13.0 Å². The highest BCUT2D eigenvalue weighted by molar-refractivity contribution is 9.11. The Hall–Kier alpha value is -2.36. The van der Waals surface area contributed by atoms with Gasteiger partial charge in [-0.3, -0.25) is 0 Å². The lowest BCUT2D eigenvalue weighted by Crippen LogP contribution is -2.05. The maximum Gasteiger partial charge on any atom is 0.136 e. The highest BCUT2D eigenvalue weighted by Crippen LogP contribution is 2.29. The second kappa shape index (κ2) is 9.03. The first-order chi connectivity index (χ1) is 13.2. The van der Waals surface area contributed by atoms with E-state index in [1.54, 1.807) is 11.1 Å². The topological polar surface area (TPSA) is 17.8 Å². The van der Waals surface area contributed by atoms with Crippen molar-refractivity contribution >= 4 is 55.7 Å². The van der Waals surface area contributed by atoms with Gasteiger partial charge < -0.3 is 4.57 Å². The van der Waals surface area contributed by atoms with Gasteiger partial charge in [-0.25, -0.2) is 4.98 Å². The largest absolute Gasteiger partial charge is 0.314 e. The summed E-state index contributed by atoms with van der Waals surface area (Å²) >= 11 is 9.92. The Labute approximate surface area is 173 Å². The number of imidazole rings is 1. The first-order valence-corrected chi connectivity index (χ1v) is 9.86. The van der Waals surface area contributed by atoms with Crippen molar-refractivity contribution in [3.63, 3.8) is 0 Å². The van der Waals surface area contributed by atoms with Crippen molar-refractivity contribution in [2.75, 3.05) is 0 Å². The van der Waals surface area contributed by atoms with Crippen LogP contribution in [0.5, 0.6) is 0 Å². The summed E-state index contributed by atoms with van der Waals surface area (Å²) in [4.78, 5) is 6.61. The number of rotatable bonds is 6. The van der Waals surface area contributed by atoms with Crippen molar-refractivity contribution < 1.29 is 0 Å². The number of nitrogens with zero attached hydrogens (tertiary/aromatic N) is 2. The van der Waals surface area contributed by atoms with E-state index in [4.69, 9.17) is 23.2 Å². The number of benzene rings is 2. The molecule has 0 aliphatic rings. The number of aromatic nitrogens is 2. The fourth-order valence-electron chi connectivity index (χ4n) is 2.95. The van der Waals surface area contributed by atoms with Crippen LogP contribution in [0.25, 0.3) is 28.2 Å². The maximum absolute atomic E-state index is 6.57. The average Bonchev–Trinajstić information content (AvgIpc) is 3.04. The molecular formula is C23H19BrClN2. The van der Waals surface area contributed by atoms with Gasteiger partial charge in [-0.1, -0.05) is 94.8 Å². The van der Waals surface area contributed by atoms with Gasteiger partial charge in [0.05, 0.1) is 22.1 Å². The van der Waals surface area contributed by atoms with E-state index in [1.807, 2.05) is 55.5 Å². The molecule has 0 saturated heterocycles. The fraction of sp³-hybridized carbons (Fsp3) is 0.0870. The van der Waals surface area contributed by atoms with E-state index in [0.29, 0.717) is 5.03 Å². The van der Waals surface area contributed by atoms with Crippen LogP contribution in [0.4, 0.5) is 0 Å². The van der Waals surface area contributed by atoms with E-state index >= 15 is 0 Å². The highest BCUT2D eigenvalue weighted by Gasteiger charge is 2.15. The Morgan fingerprint density at radius 3 is 2.67 bits per heavy atom. The molecule has 1 unspecified atom stereocenters. The van der Waals surface area contributed by atoms with Gasteiger partial charge in [0.1, 0.15) is 5.82 Å². The zero-order valence-electron chi connectivity index (χ0n) is 14.9. The van der Waals surface area contributed by atoms with Crippen LogP contribution in [0.3, 0.4) is 0 Å². The predicted octanol–water partition coefficient (Wildman–Crippen LogP) is 7.25. The van der Waals surface area contributed by atoms with Crippen molar-refractivity contribution in [1.82, 2.24) is 9.55 Å². The Kier molecular flexibility index (Phi) is 6.49. The van der Waals surface area contributed by atoms with Crippen LogP contribution < -0.4 is 0 Å². The summed E-state index contributed by atoms with van der Waals surface area (Å²) in [6.45, 7) is 7.92. The molecule has 1 heterocycles. The predicted molar refractivity (Wildman–Crippen MR) is 121 cm³/mol. The van der Waals surface area contributed by atoms with Gasteiger partial charge >= 0.3 is 0 Å². The van der Waals surface area contributed by atoms with Crippen LogP contribution >= 0.6 is 27.5 Å². The minimum atomic E-state index is -0.159. The second-order valence-corrected chi connectivity index (χ2v) is 6.88. The summed E-state index contributed by atoms with van der Waals surface area (Å²) in [5, 5.41) is 0.624. The first kappa shape index (κ1) is 19.4. The zero-order valence-corrected chi connectivity index (χ0v) is 17.2. The second-order valence-electron chi connectivity index (χ2n) is 5.95. The number of halogens is 2. The Morgan fingerprint density at radius 1 is 1.22 bits per heavy atom. The summed E-state index contributed by atoms with van der Waals surface area (Å²) in [6, 6.07) is 15.9. The fourth-order valence-corrected chi connectivity index (χ4v) is 3.49. The molecule has 3 rings (SSSR count). The van der Waals surface area contributed by atoms with E-state index in [1.165, 1.54) is 0 Å². The first-order valence-electron chi connectivity index (χ1n) is 8.57. The summed E-state index contributed by atoms with van der Waals surface area (Å²) < 4.78 is 2.07. The molecule has 0 saturated carbocycles. The quantitative estimate of drug-likeness (QED) is 0.396. The summed E-state index contributed by atoms with van der Waals surface area (Å²) in [7, 11) is 0. The zero-order chi connectivity index (χ0) is 19.2. The Balaban J connectivity index is 2.21. The normalized spacial score (nSPS) is 13.7. The average molecular weight is 439 g/mol. The number of allylic oxidation sites excluding steroid dienone is 3. The minimum absolute atomic E-state index is 0.159. The lowest BCUT2D eigenvalue weighted by Gasteiger charge is -2.13. The maximum atomic E-state index is 6.57. The van der Waals surface area contributed by atoms with E-state index in [0.717, 1.165) is 28.0 Å². The number of fused-ring (bicyclic) bond motifs is 1. The van der Waals surface area contributed by atoms with Crippen LogP contribution in [-0.2, 0) is 0 Å². The third kappa shape index (κ3) is 4.32. The monoisotopic (exact) mass is 437 g/mol. The van der Waals surface area contributed by atoms with Gasteiger partial charge in [0.2, 0.25) is 0 Å². The van der Waals surface area contributed by atoms with Crippen molar-refractivity contribution in [2.24, 2.45) is 0 Å². The van der Waals surface area contributed by atoms with Crippen LogP contribution in [0.1, 0.15) is 29.9 Å². The van der Waals surface area contributed by atoms with Crippen molar-refractivity contribution in [3.05, 3.63) is 95.3 Å². The smallest absolute Gasteiger partial charge is 0.136 e. The Bertz CT molecular complexity index is 1030. The van der Waals surface area contributed by atoms with E-state index < -0.39 is 0 Å². The molecular weight excluding hydrogens is 420 g/mol. The van der Waals surface area contributed by atoms with E-state index in [-0.39, 0.29) is 6.04 Å². The van der Waals surface area contributed by atoms with Crippen LogP contribution in [0.15, 0.2) is 71.7 Å². The van der Waals surface area contributed by atoms with Gasteiger partial charge in [0.25, 0.3) is 0 Å². The van der Waals surface area contributed by atoms with Gasteiger partial charge in [-0.2, -0.15) is 0 Å². The van der Waals surface area contributed by atoms with E-state index in [2.05, 4.69) is 44.8 Å².